The van der Waals surface area contributed by atoms with Crippen molar-refractivity contribution in [2.45, 2.75) is 26.4 Å². The molecular formula is C14H20N2O3. The van der Waals surface area contributed by atoms with Crippen LogP contribution >= 0.6 is 0 Å². The van der Waals surface area contributed by atoms with E-state index in [-0.39, 0.29) is 23.0 Å². The molecule has 2 heterocycles. The Morgan fingerprint density at radius 3 is 2.95 bits per heavy atom. The summed E-state index contributed by atoms with van der Waals surface area (Å²) in [5.41, 5.74) is 0.870. The van der Waals surface area contributed by atoms with E-state index in [0.29, 0.717) is 19.7 Å². The van der Waals surface area contributed by atoms with Crippen LogP contribution < -0.4 is 5.43 Å². The van der Waals surface area contributed by atoms with Crippen molar-refractivity contribution < 1.29 is 9.53 Å². The second-order valence-electron chi connectivity index (χ2n) is 5.09. The average molecular weight is 264 g/mol. The van der Waals surface area contributed by atoms with Gasteiger partial charge >= 0.3 is 0 Å². The molecule has 0 N–H and O–H groups in total. The molecule has 19 heavy (non-hydrogen) atoms. The number of ether oxygens (including phenoxy) is 1. The Balaban J connectivity index is 2.28. The summed E-state index contributed by atoms with van der Waals surface area (Å²) in [6.45, 7) is 5.63. The van der Waals surface area contributed by atoms with Crippen LogP contribution in [-0.4, -0.2) is 41.2 Å². The highest BCUT2D eigenvalue weighted by atomic mass is 16.5. The number of aryl methyl sites for hydroxylation is 2. The Morgan fingerprint density at radius 2 is 2.21 bits per heavy atom. The lowest BCUT2D eigenvalue weighted by Gasteiger charge is -2.22. The van der Waals surface area contributed by atoms with Gasteiger partial charge < -0.3 is 14.2 Å². The van der Waals surface area contributed by atoms with Crippen LogP contribution in [0.2, 0.25) is 0 Å². The SMILES string of the molecule is Cc1cc(=O)c(C(=O)N2CCCO[C@H](C)C2)cn1C. The van der Waals surface area contributed by atoms with Gasteiger partial charge in [-0.25, -0.2) is 0 Å². The van der Waals surface area contributed by atoms with E-state index in [1.165, 1.54) is 6.07 Å². The van der Waals surface area contributed by atoms with Crippen LogP contribution in [0.15, 0.2) is 17.1 Å². The quantitative estimate of drug-likeness (QED) is 0.758. The normalized spacial score (nSPS) is 20.2. The van der Waals surface area contributed by atoms with Gasteiger partial charge in [0.2, 0.25) is 0 Å². The van der Waals surface area contributed by atoms with Crippen molar-refractivity contribution >= 4 is 5.91 Å². The molecule has 1 aliphatic heterocycles. The van der Waals surface area contributed by atoms with Gasteiger partial charge in [0.15, 0.2) is 5.43 Å². The molecular weight excluding hydrogens is 244 g/mol. The van der Waals surface area contributed by atoms with Crippen molar-refractivity contribution in [1.29, 1.82) is 0 Å². The highest BCUT2D eigenvalue weighted by Gasteiger charge is 2.23. The topological polar surface area (TPSA) is 51.5 Å². The number of rotatable bonds is 1. The monoisotopic (exact) mass is 264 g/mol. The van der Waals surface area contributed by atoms with E-state index < -0.39 is 0 Å². The molecule has 104 valence electrons. The molecule has 0 unspecified atom stereocenters. The smallest absolute Gasteiger partial charge is 0.259 e. The summed E-state index contributed by atoms with van der Waals surface area (Å²) in [5.74, 6) is -0.196. The molecule has 2 rings (SSSR count). The van der Waals surface area contributed by atoms with Gasteiger partial charge in [0.1, 0.15) is 5.56 Å². The highest BCUT2D eigenvalue weighted by molar-refractivity contribution is 5.93. The lowest BCUT2D eigenvalue weighted by atomic mass is 10.2. The van der Waals surface area contributed by atoms with Gasteiger partial charge in [-0.05, 0) is 20.3 Å². The van der Waals surface area contributed by atoms with Crippen molar-refractivity contribution in [2.24, 2.45) is 7.05 Å². The molecule has 1 saturated heterocycles. The Morgan fingerprint density at radius 1 is 1.47 bits per heavy atom. The third-order valence-electron chi connectivity index (χ3n) is 3.45. The van der Waals surface area contributed by atoms with Gasteiger partial charge in [0.05, 0.1) is 6.10 Å². The predicted molar refractivity (Wildman–Crippen MR) is 72.4 cm³/mol. The fourth-order valence-electron chi connectivity index (χ4n) is 2.24. The third-order valence-corrected chi connectivity index (χ3v) is 3.45. The third kappa shape index (κ3) is 3.04. The van der Waals surface area contributed by atoms with Crippen molar-refractivity contribution in [3.05, 3.63) is 33.7 Å². The van der Waals surface area contributed by atoms with Crippen molar-refractivity contribution in [1.82, 2.24) is 9.47 Å². The van der Waals surface area contributed by atoms with E-state index in [1.807, 2.05) is 20.9 Å². The van der Waals surface area contributed by atoms with Crippen molar-refractivity contribution in [3.8, 4) is 0 Å². The molecule has 1 aromatic heterocycles. The van der Waals surface area contributed by atoms with Crippen LogP contribution in [0, 0.1) is 6.92 Å². The Labute approximate surface area is 112 Å². The first-order chi connectivity index (χ1) is 8.99. The number of carbonyl (C=O) groups excluding carboxylic acids is 1. The van der Waals surface area contributed by atoms with Crippen LogP contribution in [-0.2, 0) is 11.8 Å². The van der Waals surface area contributed by atoms with E-state index in [4.69, 9.17) is 4.74 Å². The lowest BCUT2D eigenvalue weighted by Crippen LogP contribution is -2.38. The molecule has 1 aliphatic rings. The number of nitrogens with zero attached hydrogens (tertiary/aromatic N) is 2. The summed E-state index contributed by atoms with van der Waals surface area (Å²) in [5, 5.41) is 0. The molecule has 0 spiro atoms. The van der Waals surface area contributed by atoms with Crippen LogP contribution in [0.5, 0.6) is 0 Å². The summed E-state index contributed by atoms with van der Waals surface area (Å²) < 4.78 is 7.31. The van der Waals surface area contributed by atoms with Crippen LogP contribution in [0.25, 0.3) is 0 Å². The molecule has 0 aliphatic carbocycles. The second kappa shape index (κ2) is 5.57. The number of carbonyl (C=O) groups is 1. The summed E-state index contributed by atoms with van der Waals surface area (Å²) in [4.78, 5) is 26.1. The number of hydrogen-bond acceptors (Lipinski definition) is 3. The highest BCUT2D eigenvalue weighted by Crippen LogP contribution is 2.09. The minimum Gasteiger partial charge on any atom is -0.377 e. The standard InChI is InChI=1S/C14H20N2O3/c1-10-7-13(17)12(9-15(10)3)14(18)16-5-4-6-19-11(2)8-16/h7,9,11H,4-6,8H2,1-3H3/t11-/m1/s1. The van der Waals surface area contributed by atoms with Gasteiger partial charge in [-0.3, -0.25) is 9.59 Å². The maximum absolute atomic E-state index is 12.4. The van der Waals surface area contributed by atoms with Gasteiger partial charge in [-0.15, -0.1) is 0 Å². The van der Waals surface area contributed by atoms with Crippen LogP contribution in [0.4, 0.5) is 0 Å². The molecule has 0 bridgehead atoms. The number of aromatic nitrogens is 1. The molecule has 1 atom stereocenters. The zero-order chi connectivity index (χ0) is 14.0. The van der Waals surface area contributed by atoms with Crippen molar-refractivity contribution in [2.75, 3.05) is 19.7 Å². The average Bonchev–Trinajstić information content (AvgIpc) is 2.58. The molecule has 5 heteroatoms. The number of pyridine rings is 1. The molecule has 1 fully saturated rings. The summed E-state index contributed by atoms with van der Waals surface area (Å²) >= 11 is 0. The van der Waals surface area contributed by atoms with Gasteiger partial charge in [-0.2, -0.15) is 0 Å². The zero-order valence-corrected chi connectivity index (χ0v) is 11.7. The first kappa shape index (κ1) is 13.8. The van der Waals surface area contributed by atoms with Crippen LogP contribution in [0.1, 0.15) is 29.4 Å². The van der Waals surface area contributed by atoms with E-state index in [0.717, 1.165) is 12.1 Å². The molecule has 1 aromatic rings. The minimum absolute atomic E-state index is 0.0146. The Bertz CT molecular complexity index is 536. The Hall–Kier alpha value is -1.62. The molecule has 0 aromatic carbocycles. The molecule has 5 nitrogen and oxygen atoms in total. The van der Waals surface area contributed by atoms with E-state index >= 15 is 0 Å². The summed E-state index contributed by atoms with van der Waals surface area (Å²) in [7, 11) is 1.83. The number of hydrogen-bond donors (Lipinski definition) is 0. The van der Waals surface area contributed by atoms with E-state index in [1.54, 1.807) is 15.7 Å². The largest absolute Gasteiger partial charge is 0.377 e. The molecule has 0 saturated carbocycles. The van der Waals surface area contributed by atoms with Gasteiger partial charge in [0, 0.05) is 44.7 Å². The zero-order valence-electron chi connectivity index (χ0n) is 11.7. The van der Waals surface area contributed by atoms with Crippen molar-refractivity contribution in [3.63, 3.8) is 0 Å². The maximum atomic E-state index is 12.4. The molecule has 1 amide bonds. The lowest BCUT2D eigenvalue weighted by molar-refractivity contribution is 0.0561. The maximum Gasteiger partial charge on any atom is 0.259 e. The number of amides is 1. The first-order valence-corrected chi connectivity index (χ1v) is 6.57. The van der Waals surface area contributed by atoms with Gasteiger partial charge in [-0.1, -0.05) is 0 Å². The van der Waals surface area contributed by atoms with Crippen LogP contribution in [0.3, 0.4) is 0 Å². The fourth-order valence-corrected chi connectivity index (χ4v) is 2.24. The predicted octanol–water partition coefficient (Wildman–Crippen LogP) is 0.945. The van der Waals surface area contributed by atoms with E-state index in [2.05, 4.69) is 0 Å². The summed E-state index contributed by atoms with van der Waals surface area (Å²) in [6, 6.07) is 1.50. The summed E-state index contributed by atoms with van der Waals surface area (Å²) in [6.07, 6.45) is 2.44. The fraction of sp³-hybridized carbons (Fsp3) is 0.571. The first-order valence-electron chi connectivity index (χ1n) is 6.57. The minimum atomic E-state index is -0.210. The second-order valence-corrected chi connectivity index (χ2v) is 5.09. The van der Waals surface area contributed by atoms with Gasteiger partial charge in [0.25, 0.3) is 5.91 Å². The molecule has 0 radical (unpaired) electrons. The Kier molecular flexibility index (Phi) is 4.04. The van der Waals surface area contributed by atoms with E-state index in [9.17, 15) is 9.59 Å².